The van der Waals surface area contributed by atoms with Crippen LogP contribution in [0.4, 0.5) is 4.39 Å². The van der Waals surface area contributed by atoms with Gasteiger partial charge < -0.3 is 14.7 Å². The van der Waals surface area contributed by atoms with Crippen LogP contribution in [-0.2, 0) is 12.0 Å². The maximum absolute atomic E-state index is 14.3. The second-order valence-corrected chi connectivity index (χ2v) is 8.12. The van der Waals surface area contributed by atoms with Crippen molar-refractivity contribution in [1.82, 2.24) is 20.3 Å². The lowest BCUT2D eigenvalue weighted by molar-refractivity contribution is 0.169. The number of aromatic nitrogens is 1. The van der Waals surface area contributed by atoms with Crippen LogP contribution in [0.2, 0.25) is 0 Å². The van der Waals surface area contributed by atoms with Crippen molar-refractivity contribution >= 4 is 29.9 Å². The SMILES string of the molecule is CCNC(=NCC1(c2ccccc2F)CC1)N1CCN(Cc2cc(C)on2)CC1.I. The van der Waals surface area contributed by atoms with Crippen molar-refractivity contribution in [3.8, 4) is 0 Å². The zero-order chi connectivity index (χ0) is 20.3. The Morgan fingerprint density at radius 1 is 1.23 bits per heavy atom. The molecule has 2 heterocycles. The van der Waals surface area contributed by atoms with Crippen molar-refractivity contribution in [2.45, 2.75) is 38.6 Å². The third kappa shape index (κ3) is 5.32. The van der Waals surface area contributed by atoms with E-state index in [0.29, 0.717) is 6.54 Å². The number of halogens is 2. The fraction of sp³-hybridized carbons (Fsp3) is 0.545. The van der Waals surface area contributed by atoms with Gasteiger partial charge in [0.05, 0.1) is 12.2 Å². The number of nitrogens with one attached hydrogen (secondary N) is 1. The molecule has 2 aromatic rings. The van der Waals surface area contributed by atoms with E-state index in [1.54, 1.807) is 12.1 Å². The van der Waals surface area contributed by atoms with Gasteiger partial charge in [-0.05, 0) is 38.3 Å². The van der Waals surface area contributed by atoms with Crippen LogP contribution in [0, 0.1) is 12.7 Å². The highest BCUT2D eigenvalue weighted by Crippen LogP contribution is 2.49. The zero-order valence-electron chi connectivity index (χ0n) is 17.7. The van der Waals surface area contributed by atoms with Gasteiger partial charge in [-0.1, -0.05) is 23.4 Å². The van der Waals surface area contributed by atoms with Crippen LogP contribution < -0.4 is 5.32 Å². The topological polar surface area (TPSA) is 56.9 Å². The minimum atomic E-state index is -0.126. The van der Waals surface area contributed by atoms with Crippen molar-refractivity contribution in [2.75, 3.05) is 39.3 Å². The van der Waals surface area contributed by atoms with Gasteiger partial charge in [0.25, 0.3) is 0 Å². The maximum Gasteiger partial charge on any atom is 0.194 e. The molecule has 2 fully saturated rings. The van der Waals surface area contributed by atoms with Crippen LogP contribution in [0.1, 0.15) is 36.8 Å². The van der Waals surface area contributed by atoms with Crippen molar-refractivity contribution in [3.05, 3.63) is 53.2 Å². The summed E-state index contributed by atoms with van der Waals surface area (Å²) in [5.74, 6) is 1.68. The zero-order valence-corrected chi connectivity index (χ0v) is 20.1. The first-order valence-corrected chi connectivity index (χ1v) is 10.5. The molecule has 0 radical (unpaired) electrons. The lowest BCUT2D eigenvalue weighted by Gasteiger charge is -2.36. The first-order chi connectivity index (χ1) is 14.1. The summed E-state index contributed by atoms with van der Waals surface area (Å²) in [4.78, 5) is 9.62. The summed E-state index contributed by atoms with van der Waals surface area (Å²) < 4.78 is 19.5. The molecule has 1 saturated carbocycles. The largest absolute Gasteiger partial charge is 0.361 e. The highest BCUT2D eigenvalue weighted by Gasteiger charge is 2.46. The van der Waals surface area contributed by atoms with E-state index in [9.17, 15) is 4.39 Å². The first-order valence-electron chi connectivity index (χ1n) is 10.5. The Labute approximate surface area is 194 Å². The highest BCUT2D eigenvalue weighted by atomic mass is 127. The van der Waals surface area contributed by atoms with Gasteiger partial charge in [-0.15, -0.1) is 24.0 Å². The van der Waals surface area contributed by atoms with Gasteiger partial charge in [0.2, 0.25) is 0 Å². The number of guanidine groups is 1. The van der Waals surface area contributed by atoms with Gasteiger partial charge in [-0.2, -0.15) is 0 Å². The van der Waals surface area contributed by atoms with E-state index >= 15 is 0 Å². The third-order valence-electron chi connectivity index (χ3n) is 5.90. The molecule has 164 valence electrons. The molecule has 2 aliphatic rings. The summed E-state index contributed by atoms with van der Waals surface area (Å²) in [6.07, 6.45) is 2.00. The molecule has 30 heavy (non-hydrogen) atoms. The fourth-order valence-corrected chi connectivity index (χ4v) is 4.05. The Morgan fingerprint density at radius 2 is 1.97 bits per heavy atom. The van der Waals surface area contributed by atoms with Gasteiger partial charge in [0.1, 0.15) is 11.6 Å². The summed E-state index contributed by atoms with van der Waals surface area (Å²) in [5.41, 5.74) is 1.67. The molecule has 0 atom stereocenters. The molecule has 1 aromatic carbocycles. The van der Waals surface area contributed by atoms with Crippen molar-refractivity contribution in [2.24, 2.45) is 4.99 Å². The van der Waals surface area contributed by atoms with E-state index in [4.69, 9.17) is 9.52 Å². The summed E-state index contributed by atoms with van der Waals surface area (Å²) >= 11 is 0. The number of benzene rings is 1. The molecule has 4 rings (SSSR count). The molecule has 1 aliphatic carbocycles. The van der Waals surface area contributed by atoms with Crippen LogP contribution in [0.3, 0.4) is 0 Å². The smallest absolute Gasteiger partial charge is 0.194 e. The van der Waals surface area contributed by atoms with Crippen LogP contribution in [0.15, 0.2) is 39.8 Å². The van der Waals surface area contributed by atoms with Gasteiger partial charge in [0.15, 0.2) is 5.96 Å². The number of rotatable bonds is 6. The Hall–Kier alpha value is -1.68. The molecule has 0 unspecified atom stereocenters. The summed E-state index contributed by atoms with van der Waals surface area (Å²) in [7, 11) is 0. The van der Waals surface area contributed by atoms with E-state index in [1.807, 2.05) is 25.1 Å². The van der Waals surface area contributed by atoms with Crippen molar-refractivity contribution < 1.29 is 8.91 Å². The number of hydrogen-bond acceptors (Lipinski definition) is 4. The highest BCUT2D eigenvalue weighted by molar-refractivity contribution is 14.0. The van der Waals surface area contributed by atoms with Crippen LogP contribution in [0.25, 0.3) is 0 Å². The van der Waals surface area contributed by atoms with Crippen LogP contribution in [0.5, 0.6) is 0 Å². The van der Waals surface area contributed by atoms with Gasteiger partial charge in [-0.25, -0.2) is 4.39 Å². The summed E-state index contributed by atoms with van der Waals surface area (Å²) in [5, 5.41) is 7.52. The normalized spacial score (nSPS) is 18.8. The molecular weight excluding hydrogens is 496 g/mol. The molecule has 1 N–H and O–H groups in total. The minimum Gasteiger partial charge on any atom is -0.361 e. The third-order valence-corrected chi connectivity index (χ3v) is 5.90. The number of hydrogen-bond donors (Lipinski definition) is 1. The molecule has 0 spiro atoms. The lowest BCUT2D eigenvalue weighted by Crippen LogP contribution is -2.52. The molecule has 0 amide bonds. The lowest BCUT2D eigenvalue weighted by atomic mass is 9.95. The van der Waals surface area contributed by atoms with E-state index < -0.39 is 0 Å². The predicted octanol–water partition coefficient (Wildman–Crippen LogP) is 3.56. The number of aliphatic imine (C=N–C) groups is 1. The van der Waals surface area contributed by atoms with Gasteiger partial charge >= 0.3 is 0 Å². The average molecular weight is 527 g/mol. The van der Waals surface area contributed by atoms with E-state index in [1.165, 1.54) is 0 Å². The second kappa shape index (κ2) is 10.1. The Morgan fingerprint density at radius 3 is 2.57 bits per heavy atom. The van der Waals surface area contributed by atoms with Crippen molar-refractivity contribution in [1.29, 1.82) is 0 Å². The van der Waals surface area contributed by atoms with Crippen LogP contribution >= 0.6 is 24.0 Å². The number of piperazine rings is 1. The van der Waals surface area contributed by atoms with Gasteiger partial charge in [0, 0.05) is 50.7 Å². The summed E-state index contributed by atoms with van der Waals surface area (Å²) in [6, 6.07) is 9.13. The fourth-order valence-electron chi connectivity index (χ4n) is 4.05. The summed E-state index contributed by atoms with van der Waals surface area (Å²) in [6.45, 7) is 10.0. The average Bonchev–Trinajstić information content (AvgIpc) is 3.40. The molecule has 1 saturated heterocycles. The minimum absolute atomic E-state index is 0. The van der Waals surface area contributed by atoms with Gasteiger partial charge in [-0.3, -0.25) is 9.89 Å². The number of nitrogens with zero attached hydrogens (tertiary/aromatic N) is 4. The Kier molecular flexibility index (Phi) is 7.73. The molecule has 1 aliphatic heterocycles. The van der Waals surface area contributed by atoms with E-state index in [-0.39, 0.29) is 35.2 Å². The quantitative estimate of drug-likeness (QED) is 0.354. The monoisotopic (exact) mass is 527 g/mol. The van der Waals surface area contributed by atoms with E-state index in [2.05, 4.69) is 27.2 Å². The molecular formula is C22H31FIN5O. The molecule has 0 bridgehead atoms. The Balaban J connectivity index is 0.00000256. The second-order valence-electron chi connectivity index (χ2n) is 8.12. The standard InChI is InChI=1S/C22H30FN5O.HI/c1-3-24-21(25-16-22(8-9-22)19-6-4-5-7-20(19)23)28-12-10-27(11-13-28)15-18-14-17(2)29-26-18;/h4-7,14H,3,8-13,15-16H2,1-2H3,(H,24,25);1H. The van der Waals surface area contributed by atoms with Crippen LogP contribution in [-0.4, -0.2) is 60.2 Å². The van der Waals surface area contributed by atoms with E-state index in [0.717, 1.165) is 75.1 Å². The molecule has 1 aromatic heterocycles. The first kappa shape index (κ1) is 23.0. The predicted molar refractivity (Wildman–Crippen MR) is 127 cm³/mol. The maximum atomic E-state index is 14.3. The molecule has 8 heteroatoms. The number of aryl methyl sites for hydroxylation is 1. The van der Waals surface area contributed by atoms with Crippen molar-refractivity contribution in [3.63, 3.8) is 0 Å². The molecule has 6 nitrogen and oxygen atoms in total. The Bertz CT molecular complexity index is 859.